The Hall–Kier alpha value is -2.40. The van der Waals surface area contributed by atoms with Crippen LogP contribution in [0.15, 0.2) is 17.8 Å². The van der Waals surface area contributed by atoms with Crippen LogP contribution in [0.2, 0.25) is 0 Å². The van der Waals surface area contributed by atoms with Gasteiger partial charge >= 0.3 is 6.03 Å². The summed E-state index contributed by atoms with van der Waals surface area (Å²) in [6.45, 7) is 6.48. The number of nitrogens with one attached hydrogen (secondary N) is 1. The van der Waals surface area contributed by atoms with Crippen LogP contribution in [-0.4, -0.2) is 39.3 Å². The summed E-state index contributed by atoms with van der Waals surface area (Å²) in [5.41, 5.74) is 0.355. The zero-order valence-corrected chi connectivity index (χ0v) is 14.5. The van der Waals surface area contributed by atoms with Crippen molar-refractivity contribution in [3.05, 3.63) is 28.3 Å². The van der Waals surface area contributed by atoms with Crippen molar-refractivity contribution >= 4 is 23.2 Å². The Bertz CT molecular complexity index is 700. The van der Waals surface area contributed by atoms with Gasteiger partial charge in [-0.3, -0.25) is 10.00 Å². The summed E-state index contributed by atoms with van der Waals surface area (Å²) >= 11 is 1.57. The summed E-state index contributed by atoms with van der Waals surface area (Å²) in [4.78, 5) is 18.1. The predicted molar refractivity (Wildman–Crippen MR) is 89.5 cm³/mol. The van der Waals surface area contributed by atoms with Crippen molar-refractivity contribution in [2.24, 2.45) is 0 Å². The van der Waals surface area contributed by atoms with Crippen molar-refractivity contribution in [3.63, 3.8) is 0 Å². The van der Waals surface area contributed by atoms with E-state index in [0.717, 1.165) is 5.01 Å². The van der Waals surface area contributed by atoms with E-state index in [0.29, 0.717) is 17.9 Å². The van der Waals surface area contributed by atoms with E-state index < -0.39 is 0 Å². The first kappa shape index (κ1) is 17.0. The minimum atomic E-state index is -0.293. The monoisotopic (exact) mass is 332 g/mol. The average Bonchev–Trinajstić information content (AvgIpc) is 3.16. The third kappa shape index (κ3) is 4.07. The average molecular weight is 332 g/mol. The molecule has 0 unspecified atom stereocenters. The lowest BCUT2D eigenvalue weighted by molar-refractivity contribution is 0.220. The number of likely N-dealkylation sites (N-methyl/N-ethyl adjacent to an activating group) is 1. The minimum absolute atomic E-state index is 0.121. The molecule has 7 nitrogen and oxygen atoms in total. The number of aromatic nitrogens is 3. The zero-order valence-electron chi connectivity index (χ0n) is 13.6. The fraction of sp³-hybridized carbons (Fsp3) is 0.467. The smallest absolute Gasteiger partial charge is 0.322 e. The lowest BCUT2D eigenvalue weighted by Crippen LogP contribution is -2.34. The van der Waals surface area contributed by atoms with Crippen LogP contribution in [0.5, 0.6) is 0 Å². The van der Waals surface area contributed by atoms with Gasteiger partial charge in [-0.05, 0) is 13.8 Å². The molecule has 23 heavy (non-hydrogen) atoms. The number of amides is 2. The first-order chi connectivity index (χ1) is 10.9. The van der Waals surface area contributed by atoms with Crippen LogP contribution in [0.25, 0.3) is 0 Å². The molecule has 2 rings (SSSR count). The first-order valence-corrected chi connectivity index (χ1v) is 8.21. The number of hydrogen-bond acceptors (Lipinski definition) is 5. The highest BCUT2D eigenvalue weighted by atomic mass is 32.1. The van der Waals surface area contributed by atoms with Gasteiger partial charge in [0.25, 0.3) is 0 Å². The Labute approximate surface area is 139 Å². The van der Waals surface area contributed by atoms with E-state index in [9.17, 15) is 4.79 Å². The molecular weight excluding hydrogens is 312 g/mol. The number of anilines is 1. The maximum absolute atomic E-state index is 12.3. The predicted octanol–water partition coefficient (Wildman–Crippen LogP) is 3.06. The van der Waals surface area contributed by atoms with Crippen molar-refractivity contribution < 1.29 is 4.79 Å². The van der Waals surface area contributed by atoms with Gasteiger partial charge in [0, 0.05) is 43.3 Å². The third-order valence-electron chi connectivity index (χ3n) is 3.37. The molecule has 0 radical (unpaired) electrons. The normalized spacial score (nSPS) is 12.0. The second-order valence-electron chi connectivity index (χ2n) is 5.66. The molecule has 2 heterocycles. The van der Waals surface area contributed by atoms with Gasteiger partial charge in [0.05, 0.1) is 5.01 Å². The molecule has 0 fully saturated rings. The minimum Gasteiger partial charge on any atom is -0.327 e. The molecule has 0 aliphatic rings. The molecule has 0 aliphatic heterocycles. The van der Waals surface area contributed by atoms with Crippen LogP contribution in [-0.2, 0) is 0 Å². The Morgan fingerprint density at radius 1 is 1.52 bits per heavy atom. The van der Waals surface area contributed by atoms with Crippen molar-refractivity contribution in [1.82, 2.24) is 19.7 Å². The molecule has 2 aromatic rings. The number of nitriles is 1. The molecule has 1 N–H and O–H groups in total. The highest BCUT2D eigenvalue weighted by Gasteiger charge is 2.18. The van der Waals surface area contributed by atoms with Gasteiger partial charge in [0.1, 0.15) is 11.6 Å². The molecule has 1 atom stereocenters. The van der Waals surface area contributed by atoms with E-state index in [1.54, 1.807) is 40.4 Å². The highest BCUT2D eigenvalue weighted by Crippen LogP contribution is 2.19. The largest absolute Gasteiger partial charge is 0.327 e. The van der Waals surface area contributed by atoms with E-state index in [1.165, 1.54) is 0 Å². The highest BCUT2D eigenvalue weighted by molar-refractivity contribution is 7.09. The van der Waals surface area contributed by atoms with Gasteiger partial charge in [0.2, 0.25) is 0 Å². The number of thiazole rings is 1. The standard InChI is InChI=1S/C15H20N6OS/c1-10(2)21-9-12(7-16)13(19-21)18-15(22)20(4)8-11(3)14-17-5-6-23-14/h5-6,9-11H,8H2,1-4H3,(H,18,19,22)/t11-/m1/s1. The van der Waals surface area contributed by atoms with E-state index in [2.05, 4.69) is 21.5 Å². The number of carbonyl (C=O) groups excluding carboxylic acids is 1. The van der Waals surface area contributed by atoms with Gasteiger partial charge in [-0.1, -0.05) is 6.92 Å². The number of nitrogens with zero attached hydrogens (tertiary/aromatic N) is 5. The molecular formula is C15H20N6OS. The maximum atomic E-state index is 12.3. The number of carbonyl (C=O) groups is 1. The number of rotatable bonds is 5. The van der Waals surface area contributed by atoms with Crippen LogP contribution >= 0.6 is 11.3 Å². The van der Waals surface area contributed by atoms with Crippen LogP contribution in [0.3, 0.4) is 0 Å². The SMILES string of the molecule is CC(C)n1cc(C#N)c(NC(=O)N(C)C[C@@H](C)c2nccs2)n1. The van der Waals surface area contributed by atoms with Crippen LogP contribution in [0, 0.1) is 11.3 Å². The van der Waals surface area contributed by atoms with Crippen molar-refractivity contribution in [2.45, 2.75) is 32.7 Å². The Kier molecular flexibility index (Phi) is 5.34. The molecule has 2 amide bonds. The summed E-state index contributed by atoms with van der Waals surface area (Å²) in [5.74, 6) is 0.439. The van der Waals surface area contributed by atoms with Gasteiger partial charge in [-0.15, -0.1) is 11.3 Å². The second kappa shape index (κ2) is 7.24. The maximum Gasteiger partial charge on any atom is 0.322 e. The van der Waals surface area contributed by atoms with Crippen LogP contribution in [0.4, 0.5) is 10.6 Å². The zero-order chi connectivity index (χ0) is 17.0. The second-order valence-corrected chi connectivity index (χ2v) is 6.59. The molecule has 0 spiro atoms. The van der Waals surface area contributed by atoms with Gasteiger partial charge < -0.3 is 4.90 Å². The van der Waals surface area contributed by atoms with Crippen molar-refractivity contribution in [3.8, 4) is 6.07 Å². The third-order valence-corrected chi connectivity index (χ3v) is 4.38. The van der Waals surface area contributed by atoms with Gasteiger partial charge in [-0.2, -0.15) is 10.4 Å². The van der Waals surface area contributed by atoms with Gasteiger partial charge in [0.15, 0.2) is 5.82 Å². The Morgan fingerprint density at radius 3 is 2.83 bits per heavy atom. The molecule has 0 aromatic carbocycles. The molecule has 0 saturated heterocycles. The fourth-order valence-electron chi connectivity index (χ4n) is 2.08. The number of hydrogen-bond donors (Lipinski definition) is 1. The topological polar surface area (TPSA) is 86.8 Å². The Morgan fingerprint density at radius 2 is 2.26 bits per heavy atom. The van der Waals surface area contributed by atoms with E-state index in [-0.39, 0.29) is 18.0 Å². The molecule has 0 aliphatic carbocycles. The van der Waals surface area contributed by atoms with E-state index >= 15 is 0 Å². The first-order valence-electron chi connectivity index (χ1n) is 7.33. The fourth-order valence-corrected chi connectivity index (χ4v) is 2.77. The molecule has 122 valence electrons. The lowest BCUT2D eigenvalue weighted by Gasteiger charge is -2.20. The summed E-state index contributed by atoms with van der Waals surface area (Å²) in [6.07, 6.45) is 3.40. The van der Waals surface area contributed by atoms with Crippen molar-refractivity contribution in [2.75, 3.05) is 18.9 Å². The summed E-state index contributed by atoms with van der Waals surface area (Å²) < 4.78 is 1.66. The van der Waals surface area contributed by atoms with Crippen LogP contribution < -0.4 is 5.32 Å². The van der Waals surface area contributed by atoms with Crippen LogP contribution in [0.1, 0.15) is 43.3 Å². The molecule has 2 aromatic heterocycles. The summed E-state index contributed by atoms with van der Waals surface area (Å²) in [7, 11) is 1.71. The molecule has 0 saturated carbocycles. The van der Waals surface area contributed by atoms with E-state index in [1.807, 2.05) is 26.2 Å². The lowest BCUT2D eigenvalue weighted by atomic mass is 10.2. The summed E-state index contributed by atoms with van der Waals surface area (Å²) in [5, 5.41) is 19.0. The van der Waals surface area contributed by atoms with Crippen molar-refractivity contribution in [1.29, 1.82) is 5.26 Å². The van der Waals surface area contributed by atoms with E-state index in [4.69, 9.17) is 5.26 Å². The number of urea groups is 1. The summed E-state index contributed by atoms with van der Waals surface area (Å²) in [6, 6.07) is 1.88. The molecule has 8 heteroatoms. The quantitative estimate of drug-likeness (QED) is 0.911. The van der Waals surface area contributed by atoms with Gasteiger partial charge in [-0.25, -0.2) is 9.78 Å². The molecule has 0 bridgehead atoms. The Balaban J connectivity index is 2.02.